The molecule has 152 valence electrons. The van der Waals surface area contributed by atoms with Crippen molar-refractivity contribution in [3.05, 3.63) is 52.7 Å². The van der Waals surface area contributed by atoms with Gasteiger partial charge in [0, 0.05) is 39.3 Å². The molecule has 4 aromatic rings. The maximum Gasteiger partial charge on any atom is 0.400 e. The number of fused-ring (bicyclic) bond motifs is 1. The molecule has 4 rings (SSSR count). The second-order valence-electron chi connectivity index (χ2n) is 6.20. The molecule has 1 atom stereocenters. The van der Waals surface area contributed by atoms with Gasteiger partial charge in [-0.2, -0.15) is 13.8 Å². The molecule has 0 bridgehead atoms. The number of alkyl halides is 3. The third-order valence-electron chi connectivity index (χ3n) is 3.84. The summed E-state index contributed by atoms with van der Waals surface area (Å²) in [6, 6.07) is 3.24. The van der Waals surface area contributed by atoms with Crippen LogP contribution in [0.4, 0.5) is 8.78 Å². The van der Waals surface area contributed by atoms with E-state index in [1.54, 1.807) is 40.7 Å². The van der Waals surface area contributed by atoms with Crippen molar-refractivity contribution in [2.24, 2.45) is 4.36 Å². The average molecular weight is 459 g/mol. The Morgan fingerprint density at radius 2 is 2.21 bits per heavy atom. The zero-order chi connectivity index (χ0) is 20.6. The first kappa shape index (κ1) is 19.9. The first-order chi connectivity index (χ1) is 13.7. The second kappa shape index (κ2) is 7.43. The van der Waals surface area contributed by atoms with Crippen LogP contribution in [0.1, 0.15) is 17.3 Å². The highest BCUT2D eigenvalue weighted by Gasteiger charge is 2.35. The molecule has 0 aromatic carbocycles. The van der Waals surface area contributed by atoms with E-state index in [4.69, 9.17) is 11.6 Å². The predicted molar refractivity (Wildman–Crippen MR) is 104 cm³/mol. The molecular weight excluding hydrogens is 446 g/mol. The molecule has 0 radical (unpaired) electrons. The minimum Gasteiger partial charge on any atom is -0.331 e. The summed E-state index contributed by atoms with van der Waals surface area (Å²) in [7, 11) is -2.45. The molecule has 0 saturated heterocycles. The van der Waals surface area contributed by atoms with Crippen LogP contribution in [0.15, 0.2) is 44.3 Å². The van der Waals surface area contributed by atoms with Crippen LogP contribution in [0.5, 0.6) is 0 Å². The van der Waals surface area contributed by atoms with Crippen LogP contribution in [-0.2, 0) is 27.4 Å². The van der Waals surface area contributed by atoms with Crippen molar-refractivity contribution in [2.45, 2.75) is 17.7 Å². The van der Waals surface area contributed by atoms with Gasteiger partial charge in [-0.3, -0.25) is 0 Å². The Morgan fingerprint density at radius 3 is 2.90 bits per heavy atom. The van der Waals surface area contributed by atoms with Gasteiger partial charge in [-0.25, -0.2) is 18.5 Å². The van der Waals surface area contributed by atoms with E-state index in [0.29, 0.717) is 16.9 Å². The summed E-state index contributed by atoms with van der Waals surface area (Å²) in [5, 5.41) is 1.63. The molecule has 0 fully saturated rings. The molecule has 0 aliphatic heterocycles. The first-order valence-electron chi connectivity index (χ1n) is 8.11. The Kier molecular flexibility index (Phi) is 5.09. The largest absolute Gasteiger partial charge is 0.400 e. The van der Waals surface area contributed by atoms with Gasteiger partial charge < -0.3 is 8.92 Å². The quantitative estimate of drug-likeness (QED) is 0.406. The fourth-order valence-corrected chi connectivity index (χ4v) is 4.48. The van der Waals surface area contributed by atoms with Gasteiger partial charge in [0.05, 0.1) is 29.2 Å². The smallest absolute Gasteiger partial charge is 0.331 e. The Hall–Kier alpha value is -2.44. The third kappa shape index (κ3) is 4.60. The highest BCUT2D eigenvalue weighted by molar-refractivity contribution is 7.92. The number of pyridine rings is 1. The minimum atomic E-state index is -3.73. The highest BCUT2D eigenvalue weighted by Crippen LogP contribution is 2.32. The number of nitrogens with zero attached hydrogens (tertiary/aromatic N) is 6. The van der Waals surface area contributed by atoms with Crippen molar-refractivity contribution in [1.29, 1.82) is 0 Å². The summed E-state index contributed by atoms with van der Waals surface area (Å²) in [5.41, 5.74) is 4.00. The van der Waals surface area contributed by atoms with E-state index in [1.165, 1.54) is 11.3 Å². The maximum absolute atomic E-state index is 13.1. The van der Waals surface area contributed by atoms with Crippen molar-refractivity contribution < 1.29 is 17.5 Å². The van der Waals surface area contributed by atoms with E-state index in [0.717, 1.165) is 5.69 Å². The molecule has 0 amide bonds. The number of rotatable bonds is 6. The van der Waals surface area contributed by atoms with Gasteiger partial charge in [0.2, 0.25) is 5.82 Å². The standard InChI is InChI=1S/C16H13ClF2N6O2S2/c1-29(26,8-12-7-28-9-20-12)21-5-11-6-25-3-2-10(4-13(25)22-11)14-23-15(27-24-14)16(17,18)19/h2-4,6-7,9H,5,8H2,1H3. The first-order valence-corrected chi connectivity index (χ1v) is 11.5. The SMILES string of the molecule is CS(=O)(Cc1cscn1)=NCc1cn2ccc(-c3noc(C(F)(F)Cl)n3)cc2n1. The van der Waals surface area contributed by atoms with Gasteiger partial charge in [-0.05, 0) is 23.7 Å². The summed E-state index contributed by atoms with van der Waals surface area (Å²) in [6.45, 7) is 0.168. The molecule has 4 aromatic heterocycles. The van der Waals surface area contributed by atoms with Crippen LogP contribution in [0.25, 0.3) is 17.0 Å². The van der Waals surface area contributed by atoms with Crippen molar-refractivity contribution in [2.75, 3.05) is 6.26 Å². The number of halogens is 3. The molecule has 0 aliphatic carbocycles. The van der Waals surface area contributed by atoms with Gasteiger partial charge >= 0.3 is 11.3 Å². The van der Waals surface area contributed by atoms with Gasteiger partial charge in [0.1, 0.15) is 5.65 Å². The Morgan fingerprint density at radius 1 is 1.38 bits per heavy atom. The van der Waals surface area contributed by atoms with E-state index in [2.05, 4.69) is 29.0 Å². The number of imidazole rings is 1. The molecule has 4 heterocycles. The minimum absolute atomic E-state index is 0.0306. The van der Waals surface area contributed by atoms with E-state index < -0.39 is 21.0 Å². The van der Waals surface area contributed by atoms with Crippen LogP contribution in [0.2, 0.25) is 0 Å². The van der Waals surface area contributed by atoms with Crippen molar-refractivity contribution in [1.82, 2.24) is 24.5 Å². The molecule has 0 saturated carbocycles. The molecule has 0 aliphatic rings. The van der Waals surface area contributed by atoms with Gasteiger partial charge in [0.25, 0.3) is 0 Å². The predicted octanol–water partition coefficient (Wildman–Crippen LogP) is 3.93. The van der Waals surface area contributed by atoms with E-state index >= 15 is 0 Å². The monoisotopic (exact) mass is 458 g/mol. The lowest BCUT2D eigenvalue weighted by molar-refractivity contribution is 0.0551. The molecule has 0 spiro atoms. The van der Waals surface area contributed by atoms with Gasteiger partial charge in [0.15, 0.2) is 0 Å². The van der Waals surface area contributed by atoms with Crippen molar-refractivity contribution >= 4 is 38.3 Å². The van der Waals surface area contributed by atoms with Crippen LogP contribution in [0, 0.1) is 0 Å². The second-order valence-corrected chi connectivity index (χ2v) is 9.86. The zero-order valence-corrected chi connectivity index (χ0v) is 17.2. The number of hydrogen-bond acceptors (Lipinski definition) is 8. The lowest BCUT2D eigenvalue weighted by Crippen LogP contribution is -2.03. The van der Waals surface area contributed by atoms with Crippen LogP contribution in [-0.4, -0.2) is 35.0 Å². The average Bonchev–Trinajstić information content (AvgIpc) is 3.38. The topological polar surface area (TPSA) is 98.5 Å². The van der Waals surface area contributed by atoms with Crippen molar-refractivity contribution in [3.63, 3.8) is 0 Å². The number of aromatic nitrogens is 5. The summed E-state index contributed by atoms with van der Waals surface area (Å²) in [4.78, 5) is 12.2. The summed E-state index contributed by atoms with van der Waals surface area (Å²) < 4.78 is 49.2. The van der Waals surface area contributed by atoms with E-state index in [9.17, 15) is 13.0 Å². The third-order valence-corrected chi connectivity index (χ3v) is 6.14. The zero-order valence-electron chi connectivity index (χ0n) is 14.8. The molecule has 8 nitrogen and oxygen atoms in total. The molecule has 13 heteroatoms. The van der Waals surface area contributed by atoms with Crippen molar-refractivity contribution in [3.8, 4) is 11.4 Å². The summed E-state index contributed by atoms with van der Waals surface area (Å²) in [5.74, 6) is -0.731. The Bertz CT molecular complexity index is 1270. The fraction of sp³-hybridized carbons (Fsp3) is 0.250. The van der Waals surface area contributed by atoms with Crippen LogP contribution < -0.4 is 0 Å². The number of thiazole rings is 1. The lowest BCUT2D eigenvalue weighted by Gasteiger charge is -2.00. The lowest BCUT2D eigenvalue weighted by atomic mass is 10.2. The molecular formula is C16H13ClF2N6O2S2. The molecule has 0 N–H and O–H groups in total. The van der Waals surface area contributed by atoms with E-state index in [-0.39, 0.29) is 18.1 Å². The van der Waals surface area contributed by atoms with Gasteiger partial charge in [-0.15, -0.1) is 11.3 Å². The fourth-order valence-electron chi connectivity index (χ4n) is 2.54. The summed E-state index contributed by atoms with van der Waals surface area (Å²) >= 11 is 6.33. The number of hydrogen-bond donors (Lipinski definition) is 0. The van der Waals surface area contributed by atoms with E-state index in [1.807, 2.05) is 5.38 Å². The molecule has 1 unspecified atom stereocenters. The van der Waals surface area contributed by atoms with Gasteiger partial charge in [-0.1, -0.05) is 5.16 Å². The summed E-state index contributed by atoms with van der Waals surface area (Å²) in [6.07, 6.45) is 5.00. The van der Waals surface area contributed by atoms with Crippen LogP contribution >= 0.6 is 22.9 Å². The Labute approximate surface area is 172 Å². The maximum atomic E-state index is 13.1. The molecule has 29 heavy (non-hydrogen) atoms. The highest BCUT2D eigenvalue weighted by atomic mass is 35.5. The normalized spacial score (nSPS) is 14.2. The van der Waals surface area contributed by atoms with Crippen LogP contribution in [0.3, 0.4) is 0 Å². The Balaban J connectivity index is 1.56.